The minimum atomic E-state index is 0. The van der Waals surface area contributed by atoms with Crippen molar-refractivity contribution in [2.75, 3.05) is 39.4 Å². The molecule has 1 aliphatic carbocycles. The molecule has 2 heterocycles. The van der Waals surface area contributed by atoms with Gasteiger partial charge >= 0.3 is 0 Å². The SMILES string of the molecule is CCNC(=NCCC1CCCC1)N1CCC2(CCOC2)C1.I. The minimum Gasteiger partial charge on any atom is -0.381 e. The van der Waals surface area contributed by atoms with E-state index in [0.717, 1.165) is 51.3 Å². The van der Waals surface area contributed by atoms with Crippen molar-refractivity contribution in [2.24, 2.45) is 16.3 Å². The number of ether oxygens (including phenoxy) is 1. The van der Waals surface area contributed by atoms with Crippen LogP contribution >= 0.6 is 24.0 Å². The third-order valence-electron chi connectivity index (χ3n) is 5.53. The van der Waals surface area contributed by atoms with Gasteiger partial charge in [0.15, 0.2) is 5.96 Å². The molecule has 1 unspecified atom stereocenters. The molecule has 4 nitrogen and oxygen atoms in total. The fourth-order valence-corrected chi connectivity index (χ4v) is 4.17. The van der Waals surface area contributed by atoms with Crippen LogP contribution in [0.4, 0.5) is 0 Å². The Labute approximate surface area is 152 Å². The van der Waals surface area contributed by atoms with Crippen molar-refractivity contribution in [2.45, 2.75) is 51.9 Å². The molecular formula is C17H32IN3O. The predicted octanol–water partition coefficient (Wildman–Crippen LogP) is 3.26. The zero-order valence-electron chi connectivity index (χ0n) is 14.0. The summed E-state index contributed by atoms with van der Waals surface area (Å²) in [4.78, 5) is 7.37. The quantitative estimate of drug-likeness (QED) is 0.430. The lowest BCUT2D eigenvalue weighted by atomic mass is 9.87. The highest BCUT2D eigenvalue weighted by Gasteiger charge is 2.42. The molecule has 0 aromatic carbocycles. The van der Waals surface area contributed by atoms with E-state index >= 15 is 0 Å². The number of rotatable bonds is 4. The maximum Gasteiger partial charge on any atom is 0.193 e. The van der Waals surface area contributed by atoms with Crippen molar-refractivity contribution < 1.29 is 4.74 Å². The van der Waals surface area contributed by atoms with Crippen LogP contribution in [0.2, 0.25) is 0 Å². The van der Waals surface area contributed by atoms with Crippen molar-refractivity contribution in [3.63, 3.8) is 0 Å². The molecule has 5 heteroatoms. The first-order valence-corrected chi connectivity index (χ1v) is 8.92. The molecular weight excluding hydrogens is 389 g/mol. The fraction of sp³-hybridized carbons (Fsp3) is 0.941. The smallest absolute Gasteiger partial charge is 0.193 e. The van der Waals surface area contributed by atoms with E-state index in [0.29, 0.717) is 5.41 Å². The summed E-state index contributed by atoms with van der Waals surface area (Å²) in [6.45, 7) is 8.28. The lowest BCUT2D eigenvalue weighted by Gasteiger charge is -2.25. The van der Waals surface area contributed by atoms with Crippen molar-refractivity contribution in [3.05, 3.63) is 0 Å². The molecule has 22 heavy (non-hydrogen) atoms. The van der Waals surface area contributed by atoms with Gasteiger partial charge in [0.2, 0.25) is 0 Å². The Hall–Kier alpha value is -0.0400. The van der Waals surface area contributed by atoms with Gasteiger partial charge in [0.25, 0.3) is 0 Å². The number of guanidine groups is 1. The Balaban J connectivity index is 0.00000176. The highest BCUT2D eigenvalue weighted by atomic mass is 127. The van der Waals surface area contributed by atoms with Crippen LogP contribution in [0.25, 0.3) is 0 Å². The summed E-state index contributed by atoms with van der Waals surface area (Å²) in [6.07, 6.45) is 9.49. The largest absolute Gasteiger partial charge is 0.381 e. The van der Waals surface area contributed by atoms with Crippen LogP contribution in [0.5, 0.6) is 0 Å². The molecule has 0 bridgehead atoms. The van der Waals surface area contributed by atoms with Gasteiger partial charge in [-0.25, -0.2) is 0 Å². The highest BCUT2D eigenvalue weighted by Crippen LogP contribution is 2.38. The second-order valence-corrected chi connectivity index (χ2v) is 7.15. The van der Waals surface area contributed by atoms with Crippen molar-refractivity contribution in [1.82, 2.24) is 10.2 Å². The zero-order chi connectivity index (χ0) is 14.5. The second kappa shape index (κ2) is 8.71. The van der Waals surface area contributed by atoms with Crippen LogP contribution in [-0.4, -0.2) is 50.3 Å². The minimum absolute atomic E-state index is 0. The molecule has 0 radical (unpaired) electrons. The molecule has 1 N–H and O–H groups in total. The molecule has 2 aliphatic heterocycles. The van der Waals surface area contributed by atoms with Gasteiger partial charge in [-0.2, -0.15) is 0 Å². The monoisotopic (exact) mass is 421 g/mol. The lowest BCUT2D eigenvalue weighted by molar-refractivity contribution is 0.156. The number of hydrogen-bond acceptors (Lipinski definition) is 2. The average molecular weight is 421 g/mol. The third kappa shape index (κ3) is 4.49. The van der Waals surface area contributed by atoms with Crippen LogP contribution in [0.15, 0.2) is 4.99 Å². The van der Waals surface area contributed by atoms with Gasteiger partial charge in [-0.1, -0.05) is 25.7 Å². The number of aliphatic imine (C=N–C) groups is 1. The molecule has 3 rings (SSSR count). The van der Waals surface area contributed by atoms with Crippen LogP contribution in [-0.2, 0) is 4.74 Å². The summed E-state index contributed by atoms with van der Waals surface area (Å²) in [6, 6.07) is 0. The van der Waals surface area contributed by atoms with Gasteiger partial charge in [-0.05, 0) is 32.1 Å². The van der Waals surface area contributed by atoms with E-state index in [1.165, 1.54) is 44.9 Å². The van der Waals surface area contributed by atoms with E-state index in [-0.39, 0.29) is 24.0 Å². The van der Waals surface area contributed by atoms with Crippen LogP contribution in [0.1, 0.15) is 51.9 Å². The number of halogens is 1. The first kappa shape index (κ1) is 18.3. The van der Waals surface area contributed by atoms with Gasteiger partial charge in [0.05, 0.1) is 6.61 Å². The number of nitrogens with zero attached hydrogens (tertiary/aromatic N) is 2. The molecule has 128 valence electrons. The zero-order valence-corrected chi connectivity index (χ0v) is 16.3. The van der Waals surface area contributed by atoms with E-state index < -0.39 is 0 Å². The van der Waals surface area contributed by atoms with E-state index in [4.69, 9.17) is 9.73 Å². The average Bonchev–Trinajstić information content (AvgIpc) is 3.22. The molecule has 1 saturated carbocycles. The predicted molar refractivity (Wildman–Crippen MR) is 102 cm³/mol. The molecule has 1 spiro atoms. The van der Waals surface area contributed by atoms with Gasteiger partial charge in [0, 0.05) is 38.2 Å². The summed E-state index contributed by atoms with van der Waals surface area (Å²) in [5.41, 5.74) is 0.418. The van der Waals surface area contributed by atoms with Crippen molar-refractivity contribution >= 4 is 29.9 Å². The van der Waals surface area contributed by atoms with E-state index in [1.807, 2.05) is 0 Å². The standard InChI is InChI=1S/C17H31N3O.HI/c1-2-18-16(19-10-7-15-5-3-4-6-15)20-11-8-17(13-20)9-12-21-14-17;/h15H,2-14H2,1H3,(H,18,19);1H. The topological polar surface area (TPSA) is 36.9 Å². The summed E-state index contributed by atoms with van der Waals surface area (Å²) in [7, 11) is 0. The van der Waals surface area contributed by atoms with E-state index in [9.17, 15) is 0 Å². The molecule has 1 atom stereocenters. The Kier molecular flexibility index (Phi) is 7.25. The summed E-state index contributed by atoms with van der Waals surface area (Å²) in [5.74, 6) is 2.07. The van der Waals surface area contributed by atoms with Crippen LogP contribution < -0.4 is 5.32 Å². The lowest BCUT2D eigenvalue weighted by Crippen LogP contribution is -2.41. The van der Waals surface area contributed by atoms with E-state index in [2.05, 4.69) is 17.1 Å². The van der Waals surface area contributed by atoms with Crippen molar-refractivity contribution in [3.8, 4) is 0 Å². The Morgan fingerprint density at radius 2 is 2.14 bits per heavy atom. The van der Waals surface area contributed by atoms with Gasteiger partial charge in [-0.15, -0.1) is 24.0 Å². The molecule has 2 saturated heterocycles. The van der Waals surface area contributed by atoms with Gasteiger partial charge in [-0.3, -0.25) is 4.99 Å². The van der Waals surface area contributed by atoms with Crippen molar-refractivity contribution in [1.29, 1.82) is 0 Å². The van der Waals surface area contributed by atoms with Crippen LogP contribution in [0, 0.1) is 11.3 Å². The Bertz CT molecular complexity index is 363. The van der Waals surface area contributed by atoms with E-state index in [1.54, 1.807) is 0 Å². The molecule has 3 aliphatic rings. The fourth-order valence-electron chi connectivity index (χ4n) is 4.17. The maximum atomic E-state index is 5.63. The Morgan fingerprint density at radius 1 is 1.32 bits per heavy atom. The summed E-state index contributed by atoms with van der Waals surface area (Å²) >= 11 is 0. The first-order valence-electron chi connectivity index (χ1n) is 8.92. The Morgan fingerprint density at radius 3 is 2.82 bits per heavy atom. The normalized spacial score (nSPS) is 29.3. The summed E-state index contributed by atoms with van der Waals surface area (Å²) < 4.78 is 5.63. The highest BCUT2D eigenvalue weighted by molar-refractivity contribution is 14.0. The van der Waals surface area contributed by atoms with Gasteiger partial charge < -0.3 is 15.0 Å². The molecule has 0 aromatic rings. The molecule has 0 aromatic heterocycles. The van der Waals surface area contributed by atoms with Gasteiger partial charge in [0.1, 0.15) is 0 Å². The second-order valence-electron chi connectivity index (χ2n) is 7.15. The first-order chi connectivity index (χ1) is 10.3. The molecule has 3 fully saturated rings. The van der Waals surface area contributed by atoms with Crippen LogP contribution in [0.3, 0.4) is 0 Å². The summed E-state index contributed by atoms with van der Waals surface area (Å²) in [5, 5.41) is 3.49. The number of nitrogens with one attached hydrogen (secondary N) is 1. The molecule has 0 amide bonds. The number of hydrogen-bond donors (Lipinski definition) is 1. The number of likely N-dealkylation sites (tertiary alicyclic amines) is 1. The maximum absolute atomic E-state index is 5.63. The third-order valence-corrected chi connectivity index (χ3v) is 5.53.